The van der Waals surface area contributed by atoms with Gasteiger partial charge in [-0.15, -0.1) is 0 Å². The predicted molar refractivity (Wildman–Crippen MR) is 47.3 cm³/mol. The zero-order valence-electron chi connectivity index (χ0n) is 7.56. The van der Waals surface area contributed by atoms with E-state index in [0.717, 1.165) is 0 Å². The second-order valence-electron chi connectivity index (χ2n) is 4.28. The van der Waals surface area contributed by atoms with Crippen LogP contribution in [-0.4, -0.2) is 16.5 Å². The smallest absolute Gasteiger partial charge is 0.0456 e. The van der Waals surface area contributed by atoms with Crippen LogP contribution in [0.2, 0.25) is 0 Å². The molecule has 1 aliphatic heterocycles. The van der Waals surface area contributed by atoms with Crippen molar-refractivity contribution in [2.75, 3.05) is 0 Å². The fourth-order valence-electron chi connectivity index (χ4n) is 2.71. The molecule has 1 nitrogen and oxygen atoms in total. The van der Waals surface area contributed by atoms with Crippen molar-refractivity contribution in [2.24, 2.45) is 0 Å². The van der Waals surface area contributed by atoms with Crippen molar-refractivity contribution < 1.29 is 0 Å². The summed E-state index contributed by atoms with van der Waals surface area (Å²) in [5.41, 5.74) is 1.95. The Morgan fingerprint density at radius 2 is 2.09 bits per heavy atom. The molecule has 0 bridgehead atoms. The summed E-state index contributed by atoms with van der Waals surface area (Å²) in [6.45, 7) is 8.60. The Labute approximate surface area is 69.1 Å². The molecule has 0 N–H and O–H groups in total. The van der Waals surface area contributed by atoms with Gasteiger partial charge in [-0.05, 0) is 33.1 Å². The first-order valence-electron chi connectivity index (χ1n) is 4.63. The first-order valence-corrected chi connectivity index (χ1v) is 4.63. The Hall–Kier alpha value is -0.460. The molecule has 1 saturated heterocycles. The average Bonchev–Trinajstić information content (AvgIpc) is 1.75. The van der Waals surface area contributed by atoms with Crippen molar-refractivity contribution >= 4 is 0 Å². The molecular formula is C10H17N. The Bertz CT molecular complexity index is 189. The summed E-state index contributed by atoms with van der Waals surface area (Å²) in [7, 11) is 0. The van der Waals surface area contributed by atoms with Crippen molar-refractivity contribution in [3.8, 4) is 0 Å². The average molecular weight is 151 g/mol. The maximum absolute atomic E-state index is 4.07. The van der Waals surface area contributed by atoms with Crippen LogP contribution in [-0.2, 0) is 0 Å². The van der Waals surface area contributed by atoms with E-state index in [2.05, 4.69) is 25.3 Å². The Morgan fingerprint density at radius 1 is 1.45 bits per heavy atom. The standard InChI is InChI=1S/C10H17N/c1-8(2)11-9(3)7-10(11)5-4-6-10/h8H,3-7H2,1-2H3. The minimum Gasteiger partial charge on any atom is -0.367 e. The molecule has 1 heteroatoms. The Balaban J connectivity index is 2.10. The zero-order chi connectivity index (χ0) is 8.06. The molecule has 11 heavy (non-hydrogen) atoms. The van der Waals surface area contributed by atoms with Crippen LogP contribution in [0.5, 0.6) is 0 Å². The van der Waals surface area contributed by atoms with Gasteiger partial charge in [-0.1, -0.05) is 6.58 Å². The van der Waals surface area contributed by atoms with Crippen LogP contribution < -0.4 is 0 Å². The molecule has 0 amide bonds. The van der Waals surface area contributed by atoms with Gasteiger partial charge in [0.1, 0.15) is 0 Å². The fraction of sp³-hybridized carbons (Fsp3) is 0.800. The van der Waals surface area contributed by atoms with Crippen molar-refractivity contribution in [1.29, 1.82) is 0 Å². The lowest BCUT2D eigenvalue weighted by molar-refractivity contribution is -0.0474. The van der Waals surface area contributed by atoms with E-state index in [9.17, 15) is 0 Å². The van der Waals surface area contributed by atoms with Crippen LogP contribution in [0.4, 0.5) is 0 Å². The van der Waals surface area contributed by atoms with Crippen LogP contribution >= 0.6 is 0 Å². The number of nitrogens with zero attached hydrogens (tertiary/aromatic N) is 1. The summed E-state index contributed by atoms with van der Waals surface area (Å²) in [5.74, 6) is 0. The van der Waals surface area contributed by atoms with Crippen molar-refractivity contribution in [3.05, 3.63) is 12.3 Å². The van der Waals surface area contributed by atoms with Crippen molar-refractivity contribution in [1.82, 2.24) is 4.90 Å². The van der Waals surface area contributed by atoms with Crippen LogP contribution in [0.15, 0.2) is 12.3 Å². The van der Waals surface area contributed by atoms with E-state index in [-0.39, 0.29) is 0 Å². The molecule has 0 unspecified atom stereocenters. The maximum atomic E-state index is 4.07. The van der Waals surface area contributed by atoms with Gasteiger partial charge in [0.05, 0.1) is 0 Å². The van der Waals surface area contributed by atoms with Gasteiger partial charge in [0.15, 0.2) is 0 Å². The van der Waals surface area contributed by atoms with Gasteiger partial charge in [-0.3, -0.25) is 0 Å². The monoisotopic (exact) mass is 151 g/mol. The molecule has 1 aliphatic carbocycles. The molecule has 2 fully saturated rings. The van der Waals surface area contributed by atoms with Crippen LogP contribution in [0.3, 0.4) is 0 Å². The number of hydrogen-bond donors (Lipinski definition) is 0. The third-order valence-electron chi connectivity index (χ3n) is 3.19. The summed E-state index contributed by atoms with van der Waals surface area (Å²) >= 11 is 0. The van der Waals surface area contributed by atoms with E-state index in [1.807, 2.05) is 0 Å². The Morgan fingerprint density at radius 3 is 2.27 bits per heavy atom. The summed E-state index contributed by atoms with van der Waals surface area (Å²) in [5, 5.41) is 0. The lowest BCUT2D eigenvalue weighted by Gasteiger charge is -2.63. The molecule has 62 valence electrons. The van der Waals surface area contributed by atoms with Gasteiger partial charge >= 0.3 is 0 Å². The molecule has 2 rings (SSSR count). The SMILES string of the molecule is C=C1CC2(CCC2)N1C(C)C. The van der Waals surface area contributed by atoms with Gasteiger partial charge in [0.2, 0.25) is 0 Å². The highest BCUT2D eigenvalue weighted by Gasteiger charge is 2.51. The first kappa shape index (κ1) is 7.20. The van der Waals surface area contributed by atoms with E-state index in [4.69, 9.17) is 0 Å². The highest BCUT2D eigenvalue weighted by atomic mass is 15.3. The van der Waals surface area contributed by atoms with Crippen molar-refractivity contribution in [3.63, 3.8) is 0 Å². The molecule has 0 aromatic heterocycles. The minimum absolute atomic E-state index is 0.589. The summed E-state index contributed by atoms with van der Waals surface area (Å²) in [6.07, 6.45) is 5.51. The largest absolute Gasteiger partial charge is 0.367 e. The summed E-state index contributed by atoms with van der Waals surface area (Å²) < 4.78 is 0. The molecule has 0 aromatic carbocycles. The molecule has 0 atom stereocenters. The summed E-state index contributed by atoms with van der Waals surface area (Å²) in [6, 6.07) is 0.663. The highest BCUT2D eigenvalue weighted by Crippen LogP contribution is 2.52. The topological polar surface area (TPSA) is 3.24 Å². The second kappa shape index (κ2) is 2.02. The van der Waals surface area contributed by atoms with Gasteiger partial charge < -0.3 is 4.90 Å². The van der Waals surface area contributed by atoms with E-state index in [1.54, 1.807) is 0 Å². The van der Waals surface area contributed by atoms with Gasteiger partial charge in [-0.2, -0.15) is 0 Å². The molecule has 2 aliphatic rings. The van der Waals surface area contributed by atoms with Gasteiger partial charge in [0.25, 0.3) is 0 Å². The number of hydrogen-bond acceptors (Lipinski definition) is 1. The van der Waals surface area contributed by atoms with Gasteiger partial charge in [0, 0.05) is 23.7 Å². The van der Waals surface area contributed by atoms with Crippen LogP contribution in [0.25, 0.3) is 0 Å². The van der Waals surface area contributed by atoms with E-state index >= 15 is 0 Å². The first-order chi connectivity index (χ1) is 5.16. The van der Waals surface area contributed by atoms with E-state index in [0.29, 0.717) is 11.6 Å². The predicted octanol–water partition coefficient (Wildman–Crippen LogP) is 2.54. The lowest BCUT2D eigenvalue weighted by atomic mass is 9.66. The molecule has 0 aromatic rings. The van der Waals surface area contributed by atoms with E-state index < -0.39 is 0 Å². The maximum Gasteiger partial charge on any atom is 0.0456 e. The fourth-order valence-corrected chi connectivity index (χ4v) is 2.71. The molecule has 1 saturated carbocycles. The quantitative estimate of drug-likeness (QED) is 0.556. The van der Waals surface area contributed by atoms with Crippen molar-refractivity contribution in [2.45, 2.75) is 51.1 Å². The molecule has 1 spiro atoms. The van der Waals surface area contributed by atoms with E-state index in [1.165, 1.54) is 31.4 Å². The zero-order valence-corrected chi connectivity index (χ0v) is 7.56. The minimum atomic E-state index is 0.589. The van der Waals surface area contributed by atoms with Gasteiger partial charge in [-0.25, -0.2) is 0 Å². The third kappa shape index (κ3) is 0.770. The van der Waals surface area contributed by atoms with Crippen LogP contribution in [0.1, 0.15) is 39.5 Å². The molecule has 0 radical (unpaired) electrons. The Kier molecular flexibility index (Phi) is 1.33. The molecular weight excluding hydrogens is 134 g/mol. The lowest BCUT2D eigenvalue weighted by Crippen LogP contribution is -2.63. The summed E-state index contributed by atoms with van der Waals surface area (Å²) in [4.78, 5) is 2.52. The number of likely N-dealkylation sites (tertiary alicyclic amines) is 1. The second-order valence-corrected chi connectivity index (χ2v) is 4.28. The molecule has 1 heterocycles. The normalized spacial score (nSPS) is 27.2. The van der Waals surface area contributed by atoms with Crippen LogP contribution in [0, 0.1) is 0 Å². The highest BCUT2D eigenvalue weighted by molar-refractivity contribution is 5.23. The number of rotatable bonds is 1. The third-order valence-corrected chi connectivity index (χ3v) is 3.19.